The number of hydrogen-bond donors (Lipinski definition) is 1. The monoisotopic (exact) mass is 329 g/mol. The molecule has 116 valence electrons. The zero-order valence-corrected chi connectivity index (χ0v) is 13.6. The van der Waals surface area contributed by atoms with Gasteiger partial charge in [-0.2, -0.15) is 0 Å². The second-order valence-electron chi connectivity index (χ2n) is 5.86. The van der Waals surface area contributed by atoms with E-state index in [1.54, 1.807) is 11.4 Å². The minimum atomic E-state index is -0.290. The third-order valence-electron chi connectivity index (χ3n) is 4.91. The van der Waals surface area contributed by atoms with Crippen LogP contribution in [0.4, 0.5) is 0 Å². The van der Waals surface area contributed by atoms with Gasteiger partial charge in [0, 0.05) is 36.9 Å². The van der Waals surface area contributed by atoms with E-state index in [9.17, 15) is 9.90 Å². The molecule has 0 aromatic carbocycles. The highest BCUT2D eigenvalue weighted by Gasteiger charge is 2.56. The molecule has 1 aliphatic carbocycles. The van der Waals surface area contributed by atoms with Crippen LogP contribution in [0.1, 0.15) is 36.5 Å². The second kappa shape index (κ2) is 5.88. The Bertz CT molecular complexity index is 523. The maximum absolute atomic E-state index is 12.4. The highest BCUT2D eigenvalue weighted by atomic mass is 35.5. The number of amides is 1. The van der Waals surface area contributed by atoms with Gasteiger partial charge < -0.3 is 14.7 Å². The second-order valence-corrected chi connectivity index (χ2v) is 7.40. The van der Waals surface area contributed by atoms with E-state index < -0.39 is 0 Å². The van der Waals surface area contributed by atoms with Crippen LogP contribution in [0.5, 0.6) is 0 Å². The van der Waals surface area contributed by atoms with E-state index in [1.165, 1.54) is 11.3 Å². The van der Waals surface area contributed by atoms with Crippen molar-refractivity contribution in [2.24, 2.45) is 5.41 Å². The Kier molecular flexibility index (Phi) is 4.28. The SMILES string of the molecule is CCO[C@@H]1C[C@@H](O)C12CCN(C(=O)c1csc(Cl)c1)CC2. The first-order valence-electron chi connectivity index (χ1n) is 7.40. The fourth-order valence-corrected chi connectivity index (χ4v) is 4.40. The molecule has 1 aromatic rings. The van der Waals surface area contributed by atoms with Crippen molar-refractivity contribution in [3.63, 3.8) is 0 Å². The summed E-state index contributed by atoms with van der Waals surface area (Å²) in [5.41, 5.74) is 0.524. The van der Waals surface area contributed by atoms with Crippen molar-refractivity contribution in [3.8, 4) is 0 Å². The summed E-state index contributed by atoms with van der Waals surface area (Å²) in [6.45, 7) is 4.01. The van der Waals surface area contributed by atoms with Crippen molar-refractivity contribution in [2.75, 3.05) is 19.7 Å². The van der Waals surface area contributed by atoms with Crippen molar-refractivity contribution in [3.05, 3.63) is 21.3 Å². The number of likely N-dealkylation sites (tertiary alicyclic amines) is 1. The summed E-state index contributed by atoms with van der Waals surface area (Å²) in [5.74, 6) is 0.0368. The summed E-state index contributed by atoms with van der Waals surface area (Å²) in [4.78, 5) is 14.3. The summed E-state index contributed by atoms with van der Waals surface area (Å²) in [6, 6.07) is 1.72. The van der Waals surface area contributed by atoms with Crippen LogP contribution in [0.3, 0.4) is 0 Å². The standard InChI is InChI=1S/C15H20ClNO3S/c1-2-20-12-8-11(18)15(12)3-5-17(6-4-15)14(19)10-7-13(16)21-9-10/h7,9,11-12,18H,2-6,8H2,1H3/t11-,12-/m1/s1. The van der Waals surface area contributed by atoms with Crippen LogP contribution in [-0.2, 0) is 4.74 Å². The number of nitrogens with zero attached hydrogens (tertiary/aromatic N) is 1. The fourth-order valence-electron chi connectivity index (χ4n) is 3.55. The zero-order chi connectivity index (χ0) is 15.0. The van der Waals surface area contributed by atoms with Crippen LogP contribution < -0.4 is 0 Å². The van der Waals surface area contributed by atoms with Crippen LogP contribution in [0, 0.1) is 5.41 Å². The Morgan fingerprint density at radius 1 is 1.57 bits per heavy atom. The number of halogens is 1. The smallest absolute Gasteiger partial charge is 0.254 e. The Labute approximate surface area is 133 Å². The van der Waals surface area contributed by atoms with Crippen LogP contribution in [0.15, 0.2) is 11.4 Å². The van der Waals surface area contributed by atoms with Crippen molar-refractivity contribution in [1.29, 1.82) is 0 Å². The van der Waals surface area contributed by atoms with E-state index in [4.69, 9.17) is 16.3 Å². The van der Waals surface area contributed by atoms with Crippen molar-refractivity contribution in [2.45, 2.75) is 38.4 Å². The molecular formula is C15H20ClNO3S. The van der Waals surface area contributed by atoms with Gasteiger partial charge in [0.2, 0.25) is 0 Å². The molecule has 1 spiro atoms. The van der Waals surface area contributed by atoms with Crippen LogP contribution in [0.2, 0.25) is 4.34 Å². The summed E-state index contributed by atoms with van der Waals surface area (Å²) < 4.78 is 6.38. The molecule has 0 bridgehead atoms. The molecule has 2 atom stereocenters. The Hall–Kier alpha value is -0.620. The Morgan fingerprint density at radius 3 is 2.81 bits per heavy atom. The molecule has 21 heavy (non-hydrogen) atoms. The van der Waals surface area contributed by atoms with Crippen LogP contribution in [-0.4, -0.2) is 47.8 Å². The number of rotatable bonds is 3. The Balaban J connectivity index is 1.63. The van der Waals surface area contributed by atoms with Gasteiger partial charge in [0.15, 0.2) is 0 Å². The van der Waals surface area contributed by atoms with Gasteiger partial charge >= 0.3 is 0 Å². The molecule has 1 N–H and O–H groups in total. The normalized spacial score (nSPS) is 27.7. The molecule has 2 heterocycles. The average molecular weight is 330 g/mol. The molecular weight excluding hydrogens is 310 g/mol. The van der Waals surface area contributed by atoms with E-state index in [1.807, 2.05) is 11.8 Å². The zero-order valence-electron chi connectivity index (χ0n) is 12.0. The highest BCUT2D eigenvalue weighted by Crippen LogP contribution is 2.51. The molecule has 1 aliphatic heterocycles. The summed E-state index contributed by atoms with van der Waals surface area (Å²) in [7, 11) is 0. The molecule has 0 unspecified atom stereocenters. The van der Waals surface area contributed by atoms with Gasteiger partial charge in [-0.05, 0) is 25.8 Å². The summed E-state index contributed by atoms with van der Waals surface area (Å²) in [5, 5.41) is 12.0. The quantitative estimate of drug-likeness (QED) is 0.927. The van der Waals surface area contributed by atoms with E-state index in [0.717, 1.165) is 19.3 Å². The number of carbonyl (C=O) groups excluding carboxylic acids is 1. The topological polar surface area (TPSA) is 49.8 Å². The molecule has 6 heteroatoms. The van der Waals surface area contributed by atoms with Crippen LogP contribution in [0.25, 0.3) is 0 Å². The average Bonchev–Trinajstić information content (AvgIpc) is 2.93. The number of hydrogen-bond acceptors (Lipinski definition) is 4. The lowest BCUT2D eigenvalue weighted by atomic mass is 9.58. The molecule has 1 amide bonds. The van der Waals surface area contributed by atoms with Gasteiger partial charge in [0.25, 0.3) is 5.91 Å². The first-order valence-corrected chi connectivity index (χ1v) is 8.65. The van der Waals surface area contributed by atoms with Crippen molar-refractivity contribution < 1.29 is 14.6 Å². The van der Waals surface area contributed by atoms with Crippen molar-refractivity contribution >= 4 is 28.8 Å². The van der Waals surface area contributed by atoms with Gasteiger partial charge in [-0.1, -0.05) is 11.6 Å². The highest BCUT2D eigenvalue weighted by molar-refractivity contribution is 7.14. The number of carbonyl (C=O) groups is 1. The van der Waals surface area contributed by atoms with Gasteiger partial charge in [0.05, 0.1) is 22.1 Å². The molecule has 1 aromatic heterocycles. The molecule has 0 radical (unpaired) electrons. The first kappa shape index (κ1) is 15.3. The molecule has 2 fully saturated rings. The van der Waals surface area contributed by atoms with Gasteiger partial charge in [0.1, 0.15) is 0 Å². The number of piperidine rings is 1. The minimum Gasteiger partial charge on any atom is -0.392 e. The minimum absolute atomic E-state index is 0.0368. The van der Waals surface area contributed by atoms with E-state index in [2.05, 4.69) is 0 Å². The van der Waals surface area contributed by atoms with Gasteiger partial charge in [-0.15, -0.1) is 11.3 Å². The maximum atomic E-state index is 12.4. The molecule has 2 aliphatic rings. The Morgan fingerprint density at radius 2 is 2.29 bits per heavy atom. The lowest BCUT2D eigenvalue weighted by Crippen LogP contribution is -2.62. The first-order chi connectivity index (χ1) is 10.1. The number of thiophene rings is 1. The lowest BCUT2D eigenvalue weighted by molar-refractivity contribution is -0.207. The van der Waals surface area contributed by atoms with E-state index in [0.29, 0.717) is 29.6 Å². The van der Waals surface area contributed by atoms with E-state index >= 15 is 0 Å². The molecule has 1 saturated heterocycles. The number of aliphatic hydroxyl groups excluding tert-OH is 1. The van der Waals surface area contributed by atoms with Crippen molar-refractivity contribution in [1.82, 2.24) is 4.90 Å². The number of aliphatic hydroxyl groups is 1. The van der Waals surface area contributed by atoms with E-state index in [-0.39, 0.29) is 23.5 Å². The molecule has 1 saturated carbocycles. The van der Waals surface area contributed by atoms with Gasteiger partial charge in [-0.3, -0.25) is 4.79 Å². The fraction of sp³-hybridized carbons (Fsp3) is 0.667. The number of ether oxygens (including phenoxy) is 1. The molecule has 4 nitrogen and oxygen atoms in total. The summed E-state index contributed by atoms with van der Waals surface area (Å²) >= 11 is 7.27. The largest absolute Gasteiger partial charge is 0.392 e. The predicted molar refractivity (Wildman–Crippen MR) is 82.9 cm³/mol. The van der Waals surface area contributed by atoms with Gasteiger partial charge in [-0.25, -0.2) is 0 Å². The third kappa shape index (κ3) is 2.61. The summed E-state index contributed by atoms with van der Waals surface area (Å²) in [6.07, 6.45) is 2.19. The molecule has 3 rings (SSSR count). The predicted octanol–water partition coefficient (Wildman–Crippen LogP) is 2.79. The lowest BCUT2D eigenvalue weighted by Gasteiger charge is -2.56. The van der Waals surface area contributed by atoms with Crippen LogP contribution >= 0.6 is 22.9 Å². The third-order valence-corrected chi connectivity index (χ3v) is 6.00. The maximum Gasteiger partial charge on any atom is 0.254 e.